The van der Waals surface area contributed by atoms with Crippen LogP contribution in [0.2, 0.25) is 11.1 Å². The number of halogens is 2. The van der Waals surface area contributed by atoms with Gasteiger partial charge in [-0.3, -0.25) is 0 Å². The first-order chi connectivity index (χ1) is 20.2. The third-order valence-electron chi connectivity index (χ3n) is 7.42. The number of fused-ring (bicyclic) bond motifs is 2. The van der Waals surface area contributed by atoms with Gasteiger partial charge in [-0.05, 0) is 11.1 Å². The smallest absolute Gasteiger partial charge is 0.0279 e. The second-order valence-corrected chi connectivity index (χ2v) is 32.5. The molecule has 0 spiro atoms. The number of hydrogen-bond donors (Lipinski definition) is 0. The molecule has 0 saturated carbocycles. The summed E-state index contributed by atoms with van der Waals surface area (Å²) >= 11 is -1.87. The molecular formula is C38H40Cl2SiZr-2. The van der Waals surface area contributed by atoms with Gasteiger partial charge < -0.3 is 0 Å². The summed E-state index contributed by atoms with van der Waals surface area (Å²) in [5, 5.41) is 5.37. The molecule has 0 unspecified atom stereocenters. The fourth-order valence-corrected chi connectivity index (χ4v) is 29.7. The summed E-state index contributed by atoms with van der Waals surface area (Å²) in [6.07, 6.45) is 0. The molecule has 0 aromatic heterocycles. The minimum absolute atomic E-state index is 0.368. The van der Waals surface area contributed by atoms with E-state index in [9.17, 15) is 0 Å². The molecule has 0 aliphatic rings. The molecule has 6 aromatic carbocycles. The summed E-state index contributed by atoms with van der Waals surface area (Å²) in [5.41, 5.74) is 9.04. The van der Waals surface area contributed by atoms with Gasteiger partial charge in [0.25, 0.3) is 0 Å². The Morgan fingerprint density at radius 3 is 1.24 bits per heavy atom. The van der Waals surface area contributed by atoms with Crippen molar-refractivity contribution in [3.63, 3.8) is 0 Å². The topological polar surface area (TPSA) is 0 Å². The van der Waals surface area contributed by atoms with E-state index in [2.05, 4.69) is 163 Å². The summed E-state index contributed by atoms with van der Waals surface area (Å²) in [6.45, 7) is 13.3. The monoisotopic (exact) mass is 684 g/mol. The molecule has 0 bridgehead atoms. The minimum Gasteiger partial charge on any atom is -0.165 e. The van der Waals surface area contributed by atoms with Crippen molar-refractivity contribution in [1.82, 2.24) is 0 Å². The molecule has 4 heteroatoms. The molecule has 216 valence electrons. The maximum atomic E-state index is 6.04. The molecule has 0 aliphatic carbocycles. The molecule has 6 rings (SSSR count). The molecule has 6 aromatic rings. The Labute approximate surface area is 267 Å². The van der Waals surface area contributed by atoms with Crippen LogP contribution in [-0.4, -0.2) is 5.43 Å². The average Bonchev–Trinajstić information content (AvgIpc) is 3.54. The Balaban J connectivity index is 0.000000150. The van der Waals surface area contributed by atoms with Crippen LogP contribution in [0.5, 0.6) is 0 Å². The van der Waals surface area contributed by atoms with Crippen molar-refractivity contribution in [1.29, 1.82) is 0 Å². The van der Waals surface area contributed by atoms with E-state index in [-0.39, 0.29) is 5.43 Å². The molecule has 0 aliphatic heterocycles. The number of benzene rings is 4. The van der Waals surface area contributed by atoms with Crippen molar-refractivity contribution in [3.05, 3.63) is 132 Å². The van der Waals surface area contributed by atoms with Gasteiger partial charge >= 0.3 is 79.2 Å². The average molecular weight is 687 g/mol. The molecule has 0 fully saturated rings. The van der Waals surface area contributed by atoms with Gasteiger partial charge in [-0.2, -0.15) is 12.1 Å². The largest absolute Gasteiger partial charge is 0.165 e. The fraction of sp³-hybridized carbons (Fsp3) is 0.211. The normalized spacial score (nSPS) is 10.8. The quantitative estimate of drug-likeness (QED) is 0.128. The van der Waals surface area contributed by atoms with Gasteiger partial charge in [0.2, 0.25) is 0 Å². The summed E-state index contributed by atoms with van der Waals surface area (Å²) in [6, 6.07) is 43.1. The zero-order chi connectivity index (χ0) is 30.2. The second kappa shape index (κ2) is 15.5. The molecular weight excluding hydrogens is 647 g/mol. The van der Waals surface area contributed by atoms with Crippen LogP contribution in [0.4, 0.5) is 0 Å². The molecule has 0 N–H and O–H groups in total. The third kappa shape index (κ3) is 8.45. The molecule has 0 nitrogen and oxygen atoms in total. The number of hydrogen-bond acceptors (Lipinski definition) is 0. The van der Waals surface area contributed by atoms with Gasteiger partial charge in [-0.1, -0.05) is 97.8 Å². The molecule has 42 heavy (non-hydrogen) atoms. The summed E-state index contributed by atoms with van der Waals surface area (Å²) in [7, 11) is 12.1. The van der Waals surface area contributed by atoms with Crippen molar-refractivity contribution in [2.24, 2.45) is 0 Å². The van der Waals surface area contributed by atoms with Crippen molar-refractivity contribution in [2.75, 3.05) is 0 Å². The Bertz CT molecular complexity index is 1630. The summed E-state index contributed by atoms with van der Waals surface area (Å²) in [4.78, 5) is 0. The van der Waals surface area contributed by atoms with Gasteiger partial charge in [-0.25, -0.2) is 0 Å². The Morgan fingerprint density at radius 1 is 0.548 bits per heavy atom. The Kier molecular flexibility index (Phi) is 12.1. The van der Waals surface area contributed by atoms with Crippen LogP contribution in [0.1, 0.15) is 38.8 Å². The predicted molar refractivity (Wildman–Crippen MR) is 187 cm³/mol. The van der Waals surface area contributed by atoms with Crippen LogP contribution in [0.15, 0.2) is 121 Å². The van der Waals surface area contributed by atoms with Crippen LogP contribution >= 0.6 is 17.0 Å². The van der Waals surface area contributed by atoms with E-state index in [0.29, 0.717) is 0 Å². The van der Waals surface area contributed by atoms with Crippen LogP contribution < -0.4 is 0 Å². The third-order valence-corrected chi connectivity index (χ3v) is 29.8. The fourth-order valence-electron chi connectivity index (χ4n) is 5.61. The summed E-state index contributed by atoms with van der Waals surface area (Å²) < 4.78 is 0. The molecule has 0 atom stereocenters. The zero-order valence-electron chi connectivity index (χ0n) is 25.5. The van der Waals surface area contributed by atoms with E-state index >= 15 is 0 Å². The van der Waals surface area contributed by atoms with E-state index in [1.165, 1.54) is 54.9 Å². The molecule has 0 saturated heterocycles. The molecule has 0 heterocycles. The van der Waals surface area contributed by atoms with Gasteiger partial charge in [0.1, 0.15) is 0 Å². The first-order valence-electron chi connectivity index (χ1n) is 14.6. The van der Waals surface area contributed by atoms with Crippen LogP contribution in [0.25, 0.3) is 43.8 Å². The van der Waals surface area contributed by atoms with E-state index in [0.717, 1.165) is 11.1 Å². The van der Waals surface area contributed by atoms with Gasteiger partial charge in [-0.15, -0.1) is 69.1 Å². The first-order valence-corrected chi connectivity index (χ1v) is 26.3. The standard InChI is InChI=1S/2C16H13.C6H14Si.2ClH.Zr/c2*1-12-10-14-8-5-9-15(16(14)11-12)13-6-3-2-4-7-13;1-5(2)7-6(3)4;;;/h2*2-11H,1H3;5-6H,1-4H3;2*1H;/q2*-1;;;;+2/p-2. The summed E-state index contributed by atoms with van der Waals surface area (Å²) in [5.74, 6) is 0. The van der Waals surface area contributed by atoms with Crippen LogP contribution in [0, 0.1) is 13.8 Å². The zero-order valence-corrected chi connectivity index (χ0v) is 30.4. The van der Waals surface area contributed by atoms with Crippen molar-refractivity contribution in [2.45, 2.75) is 52.6 Å². The van der Waals surface area contributed by atoms with Gasteiger partial charge in [0, 0.05) is 0 Å². The van der Waals surface area contributed by atoms with E-state index < -0.39 is 18.0 Å². The molecule has 0 radical (unpaired) electrons. The van der Waals surface area contributed by atoms with Gasteiger partial charge in [0.15, 0.2) is 0 Å². The van der Waals surface area contributed by atoms with E-state index in [1.54, 1.807) is 0 Å². The SMILES string of the molecule is CC(C)[Si](C(C)C)=[Zr]([Cl])[Cl].Cc1cc2c(-c3ccccc3)cccc2[cH-]1.Cc1cc2c(-c3ccccc3)cccc2[cH-]1. The van der Waals surface area contributed by atoms with Crippen molar-refractivity contribution < 1.29 is 18.0 Å². The van der Waals surface area contributed by atoms with E-state index in [1.807, 2.05) is 0 Å². The van der Waals surface area contributed by atoms with Crippen molar-refractivity contribution in [3.8, 4) is 22.3 Å². The van der Waals surface area contributed by atoms with Crippen LogP contribution in [0.3, 0.4) is 0 Å². The number of rotatable bonds is 4. The Hall–Kier alpha value is -2.22. The van der Waals surface area contributed by atoms with Gasteiger partial charge in [0.05, 0.1) is 0 Å². The first kappa shape index (κ1) is 32.7. The predicted octanol–water partition coefficient (Wildman–Crippen LogP) is 12.8. The second-order valence-electron chi connectivity index (χ2n) is 11.4. The Morgan fingerprint density at radius 2 is 0.929 bits per heavy atom. The molecule has 0 amide bonds. The maximum absolute atomic E-state index is 6.04. The number of aryl methyl sites for hydroxylation is 2. The van der Waals surface area contributed by atoms with Crippen LogP contribution in [-0.2, 0) is 18.0 Å². The van der Waals surface area contributed by atoms with E-state index in [4.69, 9.17) is 17.0 Å². The maximum Gasteiger partial charge on any atom is -0.0279 e. The minimum atomic E-state index is -1.87. The van der Waals surface area contributed by atoms with Crippen molar-refractivity contribution >= 4 is 44.0 Å².